The Labute approximate surface area is 171 Å². The molecular formula is C20H17F2N3O4S. The Bertz CT molecular complexity index is 1190. The van der Waals surface area contributed by atoms with Gasteiger partial charge in [-0.05, 0) is 29.8 Å². The minimum atomic E-state index is -4.16. The van der Waals surface area contributed by atoms with Gasteiger partial charge in [0.2, 0.25) is 0 Å². The van der Waals surface area contributed by atoms with Gasteiger partial charge in [0.05, 0.1) is 18.9 Å². The maximum Gasteiger partial charge on any atom is 0.262 e. The number of ether oxygens (including phenoxy) is 1. The number of aromatic nitrogens is 1. The van der Waals surface area contributed by atoms with Gasteiger partial charge in [0, 0.05) is 18.8 Å². The summed E-state index contributed by atoms with van der Waals surface area (Å²) in [7, 11) is -2.78. The van der Waals surface area contributed by atoms with Crippen molar-refractivity contribution in [2.45, 2.75) is 11.4 Å². The molecule has 30 heavy (non-hydrogen) atoms. The van der Waals surface area contributed by atoms with E-state index in [-0.39, 0.29) is 28.4 Å². The van der Waals surface area contributed by atoms with E-state index < -0.39 is 27.6 Å². The molecule has 0 aliphatic heterocycles. The first-order valence-electron chi connectivity index (χ1n) is 8.64. The van der Waals surface area contributed by atoms with Crippen LogP contribution in [0.25, 0.3) is 0 Å². The lowest BCUT2D eigenvalue weighted by molar-refractivity contribution is 0.0947. The van der Waals surface area contributed by atoms with Crippen molar-refractivity contribution >= 4 is 21.6 Å². The van der Waals surface area contributed by atoms with Crippen molar-refractivity contribution in [3.05, 3.63) is 83.7 Å². The number of amides is 1. The molecular weight excluding hydrogens is 416 g/mol. The number of carbonyl (C=O) groups excluding carboxylic acids is 1. The molecule has 10 heteroatoms. The van der Waals surface area contributed by atoms with Gasteiger partial charge >= 0.3 is 0 Å². The molecule has 0 aliphatic carbocycles. The van der Waals surface area contributed by atoms with Crippen molar-refractivity contribution < 1.29 is 26.7 Å². The zero-order chi connectivity index (χ0) is 21.7. The molecule has 0 atom stereocenters. The normalized spacial score (nSPS) is 11.0. The molecule has 156 valence electrons. The summed E-state index contributed by atoms with van der Waals surface area (Å²) in [6.45, 7) is -0.117. The molecule has 0 saturated carbocycles. The lowest BCUT2D eigenvalue weighted by atomic mass is 10.2. The molecule has 2 aromatic carbocycles. The van der Waals surface area contributed by atoms with Crippen molar-refractivity contribution in [1.82, 2.24) is 10.3 Å². The quantitative estimate of drug-likeness (QED) is 0.597. The maximum absolute atomic E-state index is 13.3. The number of benzene rings is 2. The number of hydrogen-bond donors (Lipinski definition) is 2. The van der Waals surface area contributed by atoms with Crippen molar-refractivity contribution in [2.24, 2.45) is 0 Å². The number of hydrogen-bond acceptors (Lipinski definition) is 5. The fraction of sp³-hybridized carbons (Fsp3) is 0.100. The average molecular weight is 433 g/mol. The predicted molar refractivity (Wildman–Crippen MR) is 106 cm³/mol. The molecule has 1 aromatic heterocycles. The van der Waals surface area contributed by atoms with E-state index in [4.69, 9.17) is 4.74 Å². The highest BCUT2D eigenvalue weighted by Gasteiger charge is 2.23. The summed E-state index contributed by atoms with van der Waals surface area (Å²) >= 11 is 0. The first-order valence-corrected chi connectivity index (χ1v) is 10.1. The minimum Gasteiger partial charge on any atom is -0.494 e. The highest BCUT2D eigenvalue weighted by molar-refractivity contribution is 7.92. The summed E-state index contributed by atoms with van der Waals surface area (Å²) in [4.78, 5) is 16.2. The topological polar surface area (TPSA) is 97.4 Å². The third kappa shape index (κ3) is 4.71. The minimum absolute atomic E-state index is 0.108. The van der Waals surface area contributed by atoms with Gasteiger partial charge in [0.1, 0.15) is 16.3 Å². The van der Waals surface area contributed by atoms with Gasteiger partial charge in [-0.2, -0.15) is 0 Å². The lowest BCUT2D eigenvalue weighted by Gasteiger charge is -2.14. The number of halogens is 2. The van der Waals surface area contributed by atoms with Crippen LogP contribution in [0.3, 0.4) is 0 Å². The van der Waals surface area contributed by atoms with Gasteiger partial charge < -0.3 is 10.1 Å². The second-order valence-electron chi connectivity index (χ2n) is 6.11. The zero-order valence-corrected chi connectivity index (χ0v) is 16.5. The molecule has 3 aromatic rings. The van der Waals surface area contributed by atoms with Crippen LogP contribution in [0.2, 0.25) is 0 Å². The van der Waals surface area contributed by atoms with Crippen molar-refractivity contribution in [1.29, 1.82) is 0 Å². The van der Waals surface area contributed by atoms with Gasteiger partial charge in [-0.15, -0.1) is 0 Å². The Balaban J connectivity index is 1.83. The monoisotopic (exact) mass is 433 g/mol. The summed E-state index contributed by atoms with van der Waals surface area (Å²) < 4.78 is 59.6. The van der Waals surface area contributed by atoms with E-state index in [2.05, 4.69) is 15.0 Å². The van der Waals surface area contributed by atoms with E-state index in [1.807, 2.05) is 0 Å². The molecule has 0 radical (unpaired) electrons. The number of rotatable bonds is 7. The third-order valence-electron chi connectivity index (χ3n) is 4.10. The van der Waals surface area contributed by atoms with Gasteiger partial charge in [-0.1, -0.05) is 18.2 Å². The van der Waals surface area contributed by atoms with Crippen molar-refractivity contribution in [3.8, 4) is 5.75 Å². The molecule has 1 heterocycles. The van der Waals surface area contributed by atoms with Crippen LogP contribution in [0.4, 0.5) is 14.5 Å². The van der Waals surface area contributed by atoms with Gasteiger partial charge in [0.15, 0.2) is 11.6 Å². The molecule has 0 spiro atoms. The molecule has 0 aliphatic rings. The van der Waals surface area contributed by atoms with Crippen molar-refractivity contribution in [3.63, 3.8) is 0 Å². The zero-order valence-electron chi connectivity index (χ0n) is 15.7. The predicted octanol–water partition coefficient (Wildman–Crippen LogP) is 3.10. The SMILES string of the molecule is COc1ccncc1NS(=O)(=O)c1ccccc1C(=O)NCc1ccc(F)c(F)c1. The Kier molecular flexibility index (Phi) is 6.26. The largest absolute Gasteiger partial charge is 0.494 e. The van der Waals surface area contributed by atoms with E-state index in [0.717, 1.165) is 12.1 Å². The van der Waals surface area contributed by atoms with Crippen LogP contribution >= 0.6 is 0 Å². The summed E-state index contributed by atoms with van der Waals surface area (Å²) in [5, 5.41) is 2.50. The number of sulfonamides is 1. The molecule has 3 rings (SSSR count). The molecule has 1 amide bonds. The van der Waals surface area contributed by atoms with Crippen LogP contribution in [-0.4, -0.2) is 26.4 Å². The molecule has 2 N–H and O–H groups in total. The number of anilines is 1. The van der Waals surface area contributed by atoms with E-state index >= 15 is 0 Å². The molecule has 0 bridgehead atoms. The number of pyridine rings is 1. The number of nitrogens with zero attached hydrogens (tertiary/aromatic N) is 1. The smallest absolute Gasteiger partial charge is 0.262 e. The lowest BCUT2D eigenvalue weighted by Crippen LogP contribution is -2.26. The number of methoxy groups -OCH3 is 1. The molecule has 7 nitrogen and oxygen atoms in total. The fourth-order valence-corrected chi connectivity index (χ4v) is 3.91. The Morgan fingerprint density at radius 1 is 1.10 bits per heavy atom. The summed E-state index contributed by atoms with van der Waals surface area (Å²) in [6, 6.07) is 10.3. The fourth-order valence-electron chi connectivity index (χ4n) is 2.65. The number of nitrogens with one attached hydrogen (secondary N) is 2. The molecule has 0 fully saturated rings. The van der Waals surface area contributed by atoms with Crippen molar-refractivity contribution in [2.75, 3.05) is 11.8 Å². The standard InChI is InChI=1S/C20H17F2N3O4S/c1-29-18-8-9-23-12-17(18)25-30(27,28)19-5-3-2-4-14(19)20(26)24-11-13-6-7-15(21)16(22)10-13/h2-10,12,25H,11H2,1H3,(H,24,26). The van der Waals surface area contributed by atoms with Crippen LogP contribution in [0, 0.1) is 11.6 Å². The Hall–Kier alpha value is -3.53. The average Bonchev–Trinajstić information content (AvgIpc) is 2.74. The van der Waals surface area contributed by atoms with Gasteiger partial charge in [0.25, 0.3) is 15.9 Å². The van der Waals surface area contributed by atoms with Gasteiger partial charge in [-0.25, -0.2) is 17.2 Å². The van der Waals surface area contributed by atoms with Crippen LogP contribution in [0.15, 0.2) is 65.8 Å². The number of carbonyl (C=O) groups is 1. The molecule has 0 unspecified atom stereocenters. The second kappa shape index (κ2) is 8.87. The van der Waals surface area contributed by atoms with E-state index in [9.17, 15) is 22.0 Å². The Morgan fingerprint density at radius 2 is 1.87 bits per heavy atom. The van der Waals surface area contributed by atoms with E-state index in [1.54, 1.807) is 0 Å². The van der Waals surface area contributed by atoms with E-state index in [1.165, 1.54) is 55.9 Å². The first kappa shape index (κ1) is 21.2. The van der Waals surface area contributed by atoms with Crippen LogP contribution < -0.4 is 14.8 Å². The summed E-state index contributed by atoms with van der Waals surface area (Å²) in [5.41, 5.74) is 0.313. The molecule has 0 saturated heterocycles. The highest BCUT2D eigenvalue weighted by atomic mass is 32.2. The highest BCUT2D eigenvalue weighted by Crippen LogP contribution is 2.26. The maximum atomic E-state index is 13.3. The Morgan fingerprint density at radius 3 is 2.60 bits per heavy atom. The second-order valence-corrected chi connectivity index (χ2v) is 7.76. The van der Waals surface area contributed by atoms with Crippen LogP contribution in [0.1, 0.15) is 15.9 Å². The summed E-state index contributed by atoms with van der Waals surface area (Å²) in [5.74, 6) is -2.48. The summed E-state index contributed by atoms with van der Waals surface area (Å²) in [6.07, 6.45) is 2.72. The third-order valence-corrected chi connectivity index (χ3v) is 5.53. The van der Waals surface area contributed by atoms with Crippen LogP contribution in [0.5, 0.6) is 5.75 Å². The van der Waals surface area contributed by atoms with Crippen LogP contribution in [-0.2, 0) is 16.6 Å². The van der Waals surface area contributed by atoms with Gasteiger partial charge in [-0.3, -0.25) is 14.5 Å². The first-order chi connectivity index (χ1) is 14.3. The van der Waals surface area contributed by atoms with E-state index in [0.29, 0.717) is 5.56 Å².